The van der Waals surface area contributed by atoms with Gasteiger partial charge in [-0.05, 0) is 30.5 Å². The topological polar surface area (TPSA) is 20.3 Å². The second-order valence-electron chi connectivity index (χ2n) is 3.93. The monoisotopic (exact) mass is 267 g/mol. The minimum Gasteiger partial charge on any atom is -0.336 e. The van der Waals surface area contributed by atoms with Gasteiger partial charge in [0.25, 0.3) is 0 Å². The van der Waals surface area contributed by atoms with E-state index in [1.165, 1.54) is 5.56 Å². The number of carbonyl (C=O) groups is 1. The average molecular weight is 268 g/mol. The molecule has 1 saturated heterocycles. The van der Waals surface area contributed by atoms with Crippen LogP contribution >= 0.6 is 15.9 Å². The van der Waals surface area contributed by atoms with Crippen molar-refractivity contribution in [1.29, 1.82) is 0 Å². The van der Waals surface area contributed by atoms with Crippen molar-refractivity contribution >= 4 is 21.8 Å². The Morgan fingerprint density at radius 3 is 3.00 bits per heavy atom. The molecule has 2 nitrogen and oxygen atoms in total. The molecule has 80 valence electrons. The van der Waals surface area contributed by atoms with E-state index in [1.807, 2.05) is 17.0 Å². The highest BCUT2D eigenvalue weighted by Crippen LogP contribution is 2.32. The van der Waals surface area contributed by atoms with E-state index in [0.717, 1.165) is 23.9 Å². The van der Waals surface area contributed by atoms with Gasteiger partial charge in [0.15, 0.2) is 0 Å². The maximum absolute atomic E-state index is 11.4. The van der Waals surface area contributed by atoms with Crippen LogP contribution in [0.15, 0.2) is 28.7 Å². The molecule has 1 aliphatic rings. The third-order valence-electron chi connectivity index (χ3n) is 2.89. The zero-order valence-corrected chi connectivity index (χ0v) is 10.3. The summed E-state index contributed by atoms with van der Waals surface area (Å²) in [7, 11) is 0. The lowest BCUT2D eigenvalue weighted by Crippen LogP contribution is -2.27. The molecule has 0 N–H and O–H groups in total. The molecule has 0 aliphatic carbocycles. The minimum atomic E-state index is 0.178. The van der Waals surface area contributed by atoms with Gasteiger partial charge < -0.3 is 4.90 Å². The summed E-state index contributed by atoms with van der Waals surface area (Å²) in [5.74, 6) is 0.178. The summed E-state index contributed by atoms with van der Waals surface area (Å²) in [6.07, 6.45) is 2.19. The average Bonchev–Trinajstić information content (AvgIpc) is 2.65. The zero-order chi connectivity index (χ0) is 10.8. The molecule has 0 radical (unpaired) electrons. The molecule has 15 heavy (non-hydrogen) atoms. The number of amides is 1. The van der Waals surface area contributed by atoms with Crippen LogP contribution in [0.25, 0.3) is 0 Å². The van der Waals surface area contributed by atoms with Gasteiger partial charge in [-0.25, -0.2) is 0 Å². The maximum Gasteiger partial charge on any atom is 0.219 e. The SMILES string of the molecule is CC(=O)N1CCCC1c1cccc(Br)c1. The summed E-state index contributed by atoms with van der Waals surface area (Å²) in [4.78, 5) is 13.4. The van der Waals surface area contributed by atoms with Gasteiger partial charge in [-0.2, -0.15) is 0 Å². The van der Waals surface area contributed by atoms with Crippen LogP contribution in [-0.4, -0.2) is 17.4 Å². The van der Waals surface area contributed by atoms with Crippen LogP contribution in [0.2, 0.25) is 0 Å². The molecule has 1 amide bonds. The molecule has 1 unspecified atom stereocenters. The molecular weight excluding hydrogens is 254 g/mol. The zero-order valence-electron chi connectivity index (χ0n) is 8.74. The van der Waals surface area contributed by atoms with Gasteiger partial charge in [0.1, 0.15) is 0 Å². The highest BCUT2D eigenvalue weighted by molar-refractivity contribution is 9.10. The number of rotatable bonds is 1. The third-order valence-corrected chi connectivity index (χ3v) is 3.38. The van der Waals surface area contributed by atoms with Crippen LogP contribution in [0, 0.1) is 0 Å². The molecule has 2 rings (SSSR count). The van der Waals surface area contributed by atoms with Crippen LogP contribution in [0.1, 0.15) is 31.4 Å². The van der Waals surface area contributed by atoms with Crippen molar-refractivity contribution < 1.29 is 4.79 Å². The van der Waals surface area contributed by atoms with E-state index >= 15 is 0 Å². The molecule has 1 fully saturated rings. The molecule has 0 saturated carbocycles. The van der Waals surface area contributed by atoms with Gasteiger partial charge >= 0.3 is 0 Å². The normalized spacial score (nSPS) is 20.7. The Morgan fingerprint density at radius 1 is 1.53 bits per heavy atom. The summed E-state index contributed by atoms with van der Waals surface area (Å²) < 4.78 is 1.08. The Labute approximate surface area is 98.4 Å². The Balaban J connectivity index is 2.26. The van der Waals surface area contributed by atoms with Crippen LogP contribution < -0.4 is 0 Å². The fraction of sp³-hybridized carbons (Fsp3) is 0.417. The lowest BCUT2D eigenvalue weighted by molar-refractivity contribution is -0.129. The van der Waals surface area contributed by atoms with Gasteiger partial charge in [0.05, 0.1) is 6.04 Å². The summed E-state index contributed by atoms with van der Waals surface area (Å²) >= 11 is 3.46. The molecule has 1 aliphatic heterocycles. The summed E-state index contributed by atoms with van der Waals surface area (Å²) in [5, 5.41) is 0. The van der Waals surface area contributed by atoms with Crippen molar-refractivity contribution in [3.05, 3.63) is 34.3 Å². The number of likely N-dealkylation sites (tertiary alicyclic amines) is 1. The van der Waals surface area contributed by atoms with E-state index in [4.69, 9.17) is 0 Å². The van der Waals surface area contributed by atoms with E-state index in [2.05, 4.69) is 28.1 Å². The lowest BCUT2D eigenvalue weighted by Gasteiger charge is -2.23. The Bertz CT molecular complexity index is 378. The van der Waals surface area contributed by atoms with Gasteiger partial charge in [-0.15, -0.1) is 0 Å². The number of halogens is 1. The number of hydrogen-bond donors (Lipinski definition) is 0. The van der Waals surface area contributed by atoms with E-state index < -0.39 is 0 Å². The van der Waals surface area contributed by atoms with Gasteiger partial charge in [-0.3, -0.25) is 4.79 Å². The molecule has 1 atom stereocenters. The maximum atomic E-state index is 11.4. The van der Waals surface area contributed by atoms with Crippen LogP contribution in [-0.2, 0) is 4.79 Å². The van der Waals surface area contributed by atoms with Crippen molar-refractivity contribution in [3.8, 4) is 0 Å². The number of benzene rings is 1. The molecule has 0 aromatic heterocycles. The fourth-order valence-corrected chi connectivity index (χ4v) is 2.62. The highest BCUT2D eigenvalue weighted by Gasteiger charge is 2.27. The second-order valence-corrected chi connectivity index (χ2v) is 4.84. The smallest absolute Gasteiger partial charge is 0.219 e. The number of hydrogen-bond acceptors (Lipinski definition) is 1. The first-order valence-electron chi connectivity index (χ1n) is 5.21. The quantitative estimate of drug-likeness (QED) is 0.766. The molecule has 0 spiro atoms. The molecule has 1 heterocycles. The van der Waals surface area contributed by atoms with E-state index in [0.29, 0.717) is 0 Å². The Morgan fingerprint density at radius 2 is 2.33 bits per heavy atom. The van der Waals surface area contributed by atoms with E-state index in [9.17, 15) is 4.79 Å². The summed E-state index contributed by atoms with van der Waals surface area (Å²) in [6.45, 7) is 2.54. The molecule has 1 aromatic carbocycles. The van der Waals surface area contributed by atoms with Crippen molar-refractivity contribution in [2.24, 2.45) is 0 Å². The third kappa shape index (κ3) is 2.23. The van der Waals surface area contributed by atoms with Gasteiger partial charge in [0, 0.05) is 17.9 Å². The molecular formula is C12H14BrNO. The number of carbonyl (C=O) groups excluding carboxylic acids is 1. The Hall–Kier alpha value is -0.830. The van der Waals surface area contributed by atoms with Gasteiger partial charge in [-0.1, -0.05) is 28.1 Å². The standard InChI is InChI=1S/C12H14BrNO/c1-9(15)14-7-3-6-12(14)10-4-2-5-11(13)8-10/h2,4-5,8,12H,3,6-7H2,1H3. The predicted octanol–water partition coefficient (Wildman–Crippen LogP) is 3.13. The van der Waals surface area contributed by atoms with Crippen LogP contribution in [0.4, 0.5) is 0 Å². The molecule has 0 bridgehead atoms. The number of nitrogens with zero attached hydrogens (tertiary/aromatic N) is 1. The fourth-order valence-electron chi connectivity index (χ4n) is 2.20. The van der Waals surface area contributed by atoms with Crippen LogP contribution in [0.5, 0.6) is 0 Å². The van der Waals surface area contributed by atoms with Crippen molar-refractivity contribution in [2.75, 3.05) is 6.54 Å². The first-order valence-corrected chi connectivity index (χ1v) is 6.00. The van der Waals surface area contributed by atoms with E-state index in [-0.39, 0.29) is 11.9 Å². The van der Waals surface area contributed by atoms with Crippen LogP contribution in [0.3, 0.4) is 0 Å². The first kappa shape index (κ1) is 10.7. The van der Waals surface area contributed by atoms with Crippen molar-refractivity contribution in [2.45, 2.75) is 25.8 Å². The molecule has 1 aromatic rings. The first-order chi connectivity index (χ1) is 7.18. The minimum absolute atomic E-state index is 0.178. The highest BCUT2D eigenvalue weighted by atomic mass is 79.9. The van der Waals surface area contributed by atoms with Gasteiger partial charge in [0.2, 0.25) is 5.91 Å². The van der Waals surface area contributed by atoms with Crippen molar-refractivity contribution in [1.82, 2.24) is 4.90 Å². The predicted molar refractivity (Wildman–Crippen MR) is 63.5 cm³/mol. The van der Waals surface area contributed by atoms with Crippen molar-refractivity contribution in [3.63, 3.8) is 0 Å². The Kier molecular flexibility index (Phi) is 3.10. The molecule has 3 heteroatoms. The summed E-state index contributed by atoms with van der Waals surface area (Å²) in [6, 6.07) is 8.51. The summed E-state index contributed by atoms with van der Waals surface area (Å²) in [5.41, 5.74) is 1.23. The second kappa shape index (κ2) is 4.35. The lowest BCUT2D eigenvalue weighted by atomic mass is 10.0. The van der Waals surface area contributed by atoms with E-state index in [1.54, 1.807) is 6.92 Å². The largest absolute Gasteiger partial charge is 0.336 e.